The Morgan fingerprint density at radius 1 is 1.70 bits per heavy atom. The van der Waals surface area contributed by atoms with Crippen molar-refractivity contribution in [1.82, 2.24) is 14.9 Å². The molecule has 1 aliphatic heterocycles. The summed E-state index contributed by atoms with van der Waals surface area (Å²) in [7, 11) is 0. The summed E-state index contributed by atoms with van der Waals surface area (Å²) in [6, 6.07) is 0. The van der Waals surface area contributed by atoms with Crippen LogP contribution in [0, 0.1) is 0 Å². The zero-order chi connectivity index (χ0) is 6.97. The topological polar surface area (TPSA) is 46.9 Å². The van der Waals surface area contributed by atoms with Crippen molar-refractivity contribution in [2.24, 2.45) is 0 Å². The number of hydrogen-bond donors (Lipinski definition) is 1. The summed E-state index contributed by atoms with van der Waals surface area (Å²) in [5.41, 5.74) is 0. The van der Waals surface area contributed by atoms with E-state index in [2.05, 4.69) is 10.3 Å². The first-order chi connectivity index (χ1) is 4.88. The predicted octanol–water partition coefficient (Wildman–Crippen LogP) is -0.374. The first kappa shape index (κ1) is 5.46. The van der Waals surface area contributed by atoms with Crippen molar-refractivity contribution in [3.63, 3.8) is 0 Å². The summed E-state index contributed by atoms with van der Waals surface area (Å²) < 4.78 is 1.85. The van der Waals surface area contributed by atoms with Crippen LogP contribution in [0.15, 0.2) is 12.4 Å². The molecule has 0 saturated carbocycles. The van der Waals surface area contributed by atoms with Gasteiger partial charge in [0, 0.05) is 25.5 Å². The van der Waals surface area contributed by atoms with Crippen LogP contribution in [0.1, 0.15) is 10.6 Å². The molecule has 10 heavy (non-hydrogen) atoms. The molecule has 0 aliphatic carbocycles. The molecule has 2 rings (SSSR count). The van der Waals surface area contributed by atoms with Crippen LogP contribution in [0.25, 0.3) is 0 Å². The lowest BCUT2D eigenvalue weighted by atomic mass is 10.4. The van der Waals surface area contributed by atoms with Crippen molar-refractivity contribution in [3.8, 4) is 0 Å². The number of fused-ring (bicyclic) bond motifs is 1. The van der Waals surface area contributed by atoms with Crippen LogP contribution in [0.2, 0.25) is 0 Å². The van der Waals surface area contributed by atoms with Gasteiger partial charge in [0.1, 0.15) is 0 Å². The smallest absolute Gasteiger partial charge is 0.287 e. The Bertz CT molecular complexity index is 266. The molecule has 1 aromatic rings. The van der Waals surface area contributed by atoms with Gasteiger partial charge in [-0.15, -0.1) is 0 Å². The van der Waals surface area contributed by atoms with Crippen LogP contribution in [0.5, 0.6) is 0 Å². The van der Waals surface area contributed by atoms with E-state index in [-0.39, 0.29) is 5.91 Å². The van der Waals surface area contributed by atoms with E-state index in [1.807, 2.05) is 10.8 Å². The second kappa shape index (κ2) is 1.83. The Morgan fingerprint density at radius 3 is 3.40 bits per heavy atom. The summed E-state index contributed by atoms with van der Waals surface area (Å²) in [4.78, 5) is 14.8. The molecule has 1 aromatic heterocycles. The fraction of sp³-hybridized carbons (Fsp3) is 0.333. The zero-order valence-corrected chi connectivity index (χ0v) is 5.37. The number of hydrogen-bond acceptors (Lipinski definition) is 2. The van der Waals surface area contributed by atoms with Crippen LogP contribution in [0.3, 0.4) is 0 Å². The molecule has 0 bridgehead atoms. The third-order valence-electron chi connectivity index (χ3n) is 1.56. The van der Waals surface area contributed by atoms with E-state index in [0.29, 0.717) is 12.4 Å². The van der Waals surface area contributed by atoms with Crippen LogP contribution in [-0.4, -0.2) is 22.0 Å². The van der Waals surface area contributed by atoms with E-state index >= 15 is 0 Å². The number of carbonyl (C=O) groups excluding carboxylic acids is 1. The minimum atomic E-state index is -0.0729. The Morgan fingerprint density at radius 2 is 2.60 bits per heavy atom. The molecule has 0 saturated heterocycles. The molecule has 4 nitrogen and oxygen atoms in total. The summed E-state index contributed by atoms with van der Waals surface area (Å²) in [5, 5.41) is 2.70. The molecule has 0 radical (unpaired) electrons. The molecule has 0 fully saturated rings. The van der Waals surface area contributed by atoms with Crippen molar-refractivity contribution in [2.45, 2.75) is 6.54 Å². The lowest BCUT2D eigenvalue weighted by molar-refractivity contribution is 0.0922. The second-order valence-electron chi connectivity index (χ2n) is 2.20. The highest BCUT2D eigenvalue weighted by Gasteiger charge is 2.15. The van der Waals surface area contributed by atoms with E-state index in [4.69, 9.17) is 0 Å². The minimum absolute atomic E-state index is 0.0729. The third kappa shape index (κ3) is 0.618. The number of imidazole rings is 1. The Kier molecular flexibility index (Phi) is 1.00. The highest BCUT2D eigenvalue weighted by atomic mass is 16.2. The van der Waals surface area contributed by atoms with Crippen molar-refractivity contribution in [1.29, 1.82) is 0 Å². The molecular weight excluding hydrogens is 130 g/mol. The molecule has 4 heteroatoms. The van der Waals surface area contributed by atoms with Gasteiger partial charge in [0.25, 0.3) is 5.91 Å². The van der Waals surface area contributed by atoms with Gasteiger partial charge in [-0.05, 0) is 0 Å². The van der Waals surface area contributed by atoms with Crippen molar-refractivity contribution >= 4 is 5.91 Å². The number of amides is 1. The standard InChI is InChI=1S/C6H7N3O/c10-6-5-7-1-3-9(5)4-2-8-6/h1,3H,2,4H2,(H,8,10). The molecule has 1 aliphatic rings. The SMILES string of the molecule is O=C1NCCn2ccnc21. The number of nitrogens with zero attached hydrogens (tertiary/aromatic N) is 2. The van der Waals surface area contributed by atoms with Gasteiger partial charge < -0.3 is 9.88 Å². The minimum Gasteiger partial charge on any atom is -0.348 e. The summed E-state index contributed by atoms with van der Waals surface area (Å²) >= 11 is 0. The molecule has 1 N–H and O–H groups in total. The van der Waals surface area contributed by atoms with Gasteiger partial charge in [-0.1, -0.05) is 0 Å². The third-order valence-corrected chi connectivity index (χ3v) is 1.56. The van der Waals surface area contributed by atoms with E-state index in [9.17, 15) is 4.79 Å². The lowest BCUT2D eigenvalue weighted by Crippen LogP contribution is -2.35. The molecule has 0 unspecified atom stereocenters. The van der Waals surface area contributed by atoms with Gasteiger partial charge >= 0.3 is 0 Å². The monoisotopic (exact) mass is 137 g/mol. The van der Waals surface area contributed by atoms with Crippen molar-refractivity contribution < 1.29 is 4.79 Å². The van der Waals surface area contributed by atoms with Crippen LogP contribution in [-0.2, 0) is 6.54 Å². The van der Waals surface area contributed by atoms with Gasteiger partial charge in [-0.3, -0.25) is 4.79 Å². The molecule has 0 atom stereocenters. The Balaban J connectivity index is 2.50. The first-order valence-electron chi connectivity index (χ1n) is 3.17. The maximum absolute atomic E-state index is 11.0. The molecule has 0 spiro atoms. The lowest BCUT2D eigenvalue weighted by Gasteiger charge is -2.13. The Hall–Kier alpha value is -1.32. The van der Waals surface area contributed by atoms with E-state index in [1.165, 1.54) is 0 Å². The van der Waals surface area contributed by atoms with Gasteiger partial charge in [0.05, 0.1) is 0 Å². The van der Waals surface area contributed by atoms with E-state index in [0.717, 1.165) is 6.54 Å². The quantitative estimate of drug-likeness (QED) is 0.530. The second-order valence-corrected chi connectivity index (χ2v) is 2.20. The number of nitrogens with one attached hydrogen (secondary N) is 1. The summed E-state index contributed by atoms with van der Waals surface area (Å²) in [6.45, 7) is 1.54. The van der Waals surface area contributed by atoms with E-state index in [1.54, 1.807) is 6.20 Å². The van der Waals surface area contributed by atoms with Gasteiger partial charge in [0.15, 0.2) is 5.82 Å². The normalized spacial score (nSPS) is 16.2. The molecule has 52 valence electrons. The van der Waals surface area contributed by atoms with Gasteiger partial charge in [-0.2, -0.15) is 0 Å². The van der Waals surface area contributed by atoms with Crippen LogP contribution in [0.4, 0.5) is 0 Å². The van der Waals surface area contributed by atoms with Crippen molar-refractivity contribution in [3.05, 3.63) is 18.2 Å². The maximum atomic E-state index is 11.0. The fourth-order valence-electron chi connectivity index (χ4n) is 1.07. The largest absolute Gasteiger partial charge is 0.348 e. The average molecular weight is 137 g/mol. The van der Waals surface area contributed by atoms with Crippen molar-refractivity contribution in [2.75, 3.05) is 6.54 Å². The van der Waals surface area contributed by atoms with Crippen LogP contribution < -0.4 is 5.32 Å². The molecular formula is C6H7N3O. The number of aromatic nitrogens is 2. The molecule has 0 aromatic carbocycles. The molecule has 2 heterocycles. The van der Waals surface area contributed by atoms with Gasteiger partial charge in [0.2, 0.25) is 0 Å². The van der Waals surface area contributed by atoms with Gasteiger partial charge in [-0.25, -0.2) is 4.98 Å². The van der Waals surface area contributed by atoms with Crippen LogP contribution >= 0.6 is 0 Å². The predicted molar refractivity (Wildman–Crippen MR) is 34.6 cm³/mol. The fourth-order valence-corrected chi connectivity index (χ4v) is 1.07. The highest BCUT2D eigenvalue weighted by Crippen LogP contribution is 2.00. The average Bonchev–Trinajstić information content (AvgIpc) is 2.36. The summed E-state index contributed by atoms with van der Waals surface area (Å²) in [6.07, 6.45) is 3.45. The molecule has 1 amide bonds. The highest BCUT2D eigenvalue weighted by molar-refractivity contribution is 5.91. The zero-order valence-electron chi connectivity index (χ0n) is 5.37. The maximum Gasteiger partial charge on any atom is 0.287 e. The van der Waals surface area contributed by atoms with E-state index < -0.39 is 0 Å². The summed E-state index contributed by atoms with van der Waals surface area (Å²) in [5.74, 6) is 0.447. The number of rotatable bonds is 0. The number of carbonyl (C=O) groups is 1. The first-order valence-corrected chi connectivity index (χ1v) is 3.17. The Labute approximate surface area is 57.9 Å².